The van der Waals surface area contributed by atoms with E-state index in [2.05, 4.69) is 15.3 Å². The van der Waals surface area contributed by atoms with E-state index in [9.17, 15) is 4.79 Å². The van der Waals surface area contributed by atoms with Crippen LogP contribution in [0.1, 0.15) is 19.8 Å². The first-order valence-electron chi connectivity index (χ1n) is 5.27. The molecule has 0 fully saturated rings. The summed E-state index contributed by atoms with van der Waals surface area (Å²) in [6.45, 7) is 2.67. The van der Waals surface area contributed by atoms with Gasteiger partial charge in [-0.25, -0.2) is 4.98 Å². The van der Waals surface area contributed by atoms with E-state index in [0.29, 0.717) is 12.4 Å². The Bertz CT molecular complexity index is 377. The quantitative estimate of drug-likeness (QED) is 0.649. The first-order valence-corrected chi connectivity index (χ1v) is 5.27. The van der Waals surface area contributed by atoms with Crippen molar-refractivity contribution in [2.45, 2.75) is 25.8 Å². The lowest BCUT2D eigenvalue weighted by Gasteiger charge is -2.15. The Labute approximate surface area is 94.2 Å². The minimum absolute atomic E-state index is 0.201. The van der Waals surface area contributed by atoms with Crippen molar-refractivity contribution >= 4 is 5.82 Å². The minimum atomic E-state index is -0.286. The van der Waals surface area contributed by atoms with E-state index >= 15 is 0 Å². The number of nitrogens with two attached hydrogens (primary N) is 1. The monoisotopic (exact) mass is 226 g/mol. The lowest BCUT2D eigenvalue weighted by Crippen LogP contribution is -2.21. The SMILES string of the molecule is COc1c(NC(C)CCCN)nc[nH]c1=O. The third-order valence-corrected chi connectivity index (χ3v) is 2.24. The number of anilines is 1. The van der Waals surface area contributed by atoms with Gasteiger partial charge in [-0.2, -0.15) is 0 Å². The van der Waals surface area contributed by atoms with Gasteiger partial charge in [0.15, 0.2) is 5.82 Å². The number of rotatable bonds is 6. The molecule has 1 unspecified atom stereocenters. The van der Waals surface area contributed by atoms with Gasteiger partial charge in [-0.3, -0.25) is 4.79 Å². The van der Waals surface area contributed by atoms with Gasteiger partial charge in [0, 0.05) is 6.04 Å². The van der Waals surface area contributed by atoms with Crippen LogP contribution in [-0.4, -0.2) is 29.7 Å². The van der Waals surface area contributed by atoms with Crippen LogP contribution in [0.2, 0.25) is 0 Å². The summed E-state index contributed by atoms with van der Waals surface area (Å²) < 4.78 is 4.99. The summed E-state index contributed by atoms with van der Waals surface area (Å²) in [5, 5.41) is 3.13. The van der Waals surface area contributed by atoms with Crippen molar-refractivity contribution in [2.24, 2.45) is 5.73 Å². The number of aromatic nitrogens is 2. The lowest BCUT2D eigenvalue weighted by molar-refractivity contribution is 0.407. The first kappa shape index (κ1) is 12.5. The number of H-pyrrole nitrogens is 1. The first-order chi connectivity index (χ1) is 7.69. The second-order valence-corrected chi connectivity index (χ2v) is 3.59. The van der Waals surface area contributed by atoms with Crippen LogP contribution in [0.3, 0.4) is 0 Å². The summed E-state index contributed by atoms with van der Waals surface area (Å²) in [5.41, 5.74) is 5.14. The van der Waals surface area contributed by atoms with Crippen molar-refractivity contribution in [2.75, 3.05) is 19.0 Å². The molecule has 1 aromatic heterocycles. The molecule has 6 nitrogen and oxygen atoms in total. The molecule has 1 rings (SSSR count). The molecule has 0 aromatic carbocycles. The van der Waals surface area contributed by atoms with Crippen LogP contribution in [0, 0.1) is 0 Å². The molecular formula is C10H18N4O2. The molecule has 0 spiro atoms. The van der Waals surface area contributed by atoms with E-state index < -0.39 is 0 Å². The molecule has 1 heterocycles. The van der Waals surface area contributed by atoms with Gasteiger partial charge in [0.25, 0.3) is 5.56 Å². The van der Waals surface area contributed by atoms with Gasteiger partial charge in [-0.15, -0.1) is 0 Å². The number of hydrogen-bond donors (Lipinski definition) is 3. The van der Waals surface area contributed by atoms with Crippen molar-refractivity contribution in [3.05, 3.63) is 16.7 Å². The Morgan fingerprint density at radius 1 is 1.69 bits per heavy atom. The van der Waals surface area contributed by atoms with Crippen molar-refractivity contribution in [1.82, 2.24) is 9.97 Å². The summed E-state index contributed by atoms with van der Waals surface area (Å²) in [4.78, 5) is 17.9. The Morgan fingerprint density at radius 2 is 2.44 bits per heavy atom. The van der Waals surface area contributed by atoms with E-state index in [1.165, 1.54) is 13.4 Å². The molecule has 0 aliphatic carbocycles. The van der Waals surface area contributed by atoms with Gasteiger partial charge < -0.3 is 20.8 Å². The highest BCUT2D eigenvalue weighted by Crippen LogP contribution is 2.16. The zero-order valence-electron chi connectivity index (χ0n) is 9.62. The highest BCUT2D eigenvalue weighted by atomic mass is 16.5. The van der Waals surface area contributed by atoms with Crippen LogP contribution in [0.4, 0.5) is 5.82 Å². The van der Waals surface area contributed by atoms with Crippen LogP contribution < -0.4 is 21.3 Å². The fraction of sp³-hybridized carbons (Fsp3) is 0.600. The minimum Gasteiger partial charge on any atom is -0.489 e. The second-order valence-electron chi connectivity index (χ2n) is 3.59. The molecule has 0 amide bonds. The van der Waals surface area contributed by atoms with Crippen LogP contribution in [0.15, 0.2) is 11.1 Å². The summed E-state index contributed by atoms with van der Waals surface area (Å²) in [5.74, 6) is 0.679. The zero-order chi connectivity index (χ0) is 12.0. The zero-order valence-corrected chi connectivity index (χ0v) is 9.62. The third-order valence-electron chi connectivity index (χ3n) is 2.24. The predicted octanol–water partition coefficient (Wildman–Crippen LogP) is 0.318. The molecule has 1 aromatic rings. The Balaban J connectivity index is 2.73. The molecule has 1 atom stereocenters. The van der Waals surface area contributed by atoms with E-state index in [-0.39, 0.29) is 17.4 Å². The maximum atomic E-state index is 11.4. The average Bonchev–Trinajstić information content (AvgIpc) is 2.27. The fourth-order valence-corrected chi connectivity index (χ4v) is 1.41. The maximum Gasteiger partial charge on any atom is 0.295 e. The number of ether oxygens (including phenoxy) is 1. The summed E-state index contributed by atoms with van der Waals surface area (Å²) >= 11 is 0. The fourth-order valence-electron chi connectivity index (χ4n) is 1.41. The molecule has 4 N–H and O–H groups in total. The lowest BCUT2D eigenvalue weighted by atomic mass is 10.2. The van der Waals surface area contributed by atoms with Crippen LogP contribution >= 0.6 is 0 Å². The van der Waals surface area contributed by atoms with Gasteiger partial charge >= 0.3 is 0 Å². The Morgan fingerprint density at radius 3 is 3.06 bits per heavy atom. The van der Waals surface area contributed by atoms with E-state index in [1.54, 1.807) is 0 Å². The molecule has 90 valence electrons. The van der Waals surface area contributed by atoms with Gasteiger partial charge in [-0.1, -0.05) is 0 Å². The standard InChI is InChI=1S/C10H18N4O2/c1-7(4-3-5-11)14-9-8(16-2)10(15)13-6-12-9/h6-7H,3-5,11H2,1-2H3,(H2,12,13,14,15). The highest BCUT2D eigenvalue weighted by molar-refractivity contribution is 5.48. The van der Waals surface area contributed by atoms with Gasteiger partial charge in [0.2, 0.25) is 5.75 Å². The van der Waals surface area contributed by atoms with E-state index in [4.69, 9.17) is 10.5 Å². The smallest absolute Gasteiger partial charge is 0.295 e. The number of nitrogens with zero attached hydrogens (tertiary/aromatic N) is 1. The van der Waals surface area contributed by atoms with E-state index in [0.717, 1.165) is 12.8 Å². The molecule has 6 heteroatoms. The molecular weight excluding hydrogens is 208 g/mol. The number of nitrogens with one attached hydrogen (secondary N) is 2. The second kappa shape index (κ2) is 6.12. The molecule has 0 radical (unpaired) electrons. The summed E-state index contributed by atoms with van der Waals surface area (Å²) in [6, 6.07) is 0.201. The van der Waals surface area contributed by atoms with Crippen LogP contribution in [0.5, 0.6) is 5.75 Å². The van der Waals surface area contributed by atoms with Gasteiger partial charge in [0.1, 0.15) is 0 Å². The largest absolute Gasteiger partial charge is 0.489 e. The molecule has 0 bridgehead atoms. The van der Waals surface area contributed by atoms with Crippen molar-refractivity contribution < 1.29 is 4.74 Å². The number of methoxy groups -OCH3 is 1. The van der Waals surface area contributed by atoms with Crippen LogP contribution in [-0.2, 0) is 0 Å². The summed E-state index contributed by atoms with van der Waals surface area (Å²) in [6.07, 6.45) is 3.21. The van der Waals surface area contributed by atoms with E-state index in [1.807, 2.05) is 6.92 Å². The van der Waals surface area contributed by atoms with Crippen LogP contribution in [0.25, 0.3) is 0 Å². The molecule has 16 heavy (non-hydrogen) atoms. The third kappa shape index (κ3) is 3.23. The van der Waals surface area contributed by atoms with Crippen molar-refractivity contribution in [1.29, 1.82) is 0 Å². The highest BCUT2D eigenvalue weighted by Gasteiger charge is 2.10. The van der Waals surface area contributed by atoms with Crippen molar-refractivity contribution in [3.63, 3.8) is 0 Å². The average molecular weight is 226 g/mol. The summed E-state index contributed by atoms with van der Waals surface area (Å²) in [7, 11) is 1.45. The Kier molecular flexibility index (Phi) is 4.78. The Hall–Kier alpha value is -1.56. The van der Waals surface area contributed by atoms with Crippen molar-refractivity contribution in [3.8, 4) is 5.75 Å². The normalized spacial score (nSPS) is 12.2. The molecule has 0 aliphatic rings. The molecule has 0 aliphatic heterocycles. The van der Waals surface area contributed by atoms with Gasteiger partial charge in [0.05, 0.1) is 13.4 Å². The number of hydrogen-bond acceptors (Lipinski definition) is 5. The molecule has 0 saturated carbocycles. The maximum absolute atomic E-state index is 11.4. The topological polar surface area (TPSA) is 93.0 Å². The molecule has 0 saturated heterocycles. The van der Waals surface area contributed by atoms with Gasteiger partial charge in [-0.05, 0) is 26.3 Å². The number of aromatic amines is 1. The predicted molar refractivity (Wildman–Crippen MR) is 62.8 cm³/mol.